The number of hydrogen-bond donors (Lipinski definition) is 0. The average molecular weight is 714 g/mol. The molecule has 0 aliphatic heterocycles. The lowest BCUT2D eigenvalue weighted by molar-refractivity contribution is -0.0641. The van der Waals surface area contributed by atoms with E-state index < -0.39 is 0 Å². The first-order chi connectivity index (χ1) is 24.6. The van der Waals surface area contributed by atoms with Crippen LogP contribution in [0.4, 0.5) is 0 Å². The van der Waals surface area contributed by atoms with Gasteiger partial charge in [0, 0.05) is 19.8 Å². The summed E-state index contributed by atoms with van der Waals surface area (Å²) in [6.45, 7) is 19.3. The van der Waals surface area contributed by atoms with Crippen LogP contribution in [0.3, 0.4) is 0 Å². The van der Waals surface area contributed by atoms with E-state index in [-0.39, 0.29) is 0 Å². The zero-order valence-corrected chi connectivity index (χ0v) is 35.5. The molecule has 0 radical (unpaired) electrons. The molecule has 0 heterocycles. The molecule has 0 N–H and O–H groups in total. The monoisotopic (exact) mass is 714 g/mol. The minimum atomic E-state index is 0.353. The molecule has 4 heteroatoms. The van der Waals surface area contributed by atoms with Crippen LogP contribution in [-0.4, -0.2) is 64.2 Å². The summed E-state index contributed by atoms with van der Waals surface area (Å²) < 4.78 is 18.6. The Morgan fingerprint density at radius 3 is 2.02 bits per heavy atom. The molecule has 0 aromatic carbocycles. The Morgan fingerprint density at radius 2 is 1.37 bits per heavy atom. The van der Waals surface area contributed by atoms with Gasteiger partial charge in [-0.05, 0) is 131 Å². The van der Waals surface area contributed by atoms with Crippen molar-refractivity contribution in [2.24, 2.45) is 46.3 Å². The molecule has 0 bridgehead atoms. The van der Waals surface area contributed by atoms with Crippen LogP contribution in [0.1, 0.15) is 183 Å². The highest BCUT2D eigenvalue weighted by Gasteiger charge is 2.59. The van der Waals surface area contributed by atoms with Gasteiger partial charge in [-0.1, -0.05) is 124 Å². The number of allylic oxidation sites excluding steroid dienone is 1. The number of nitrogens with zero attached hydrogens (tertiary/aromatic N) is 1. The van der Waals surface area contributed by atoms with Crippen molar-refractivity contribution in [2.45, 2.75) is 195 Å². The Bertz CT molecular complexity index is 979. The van der Waals surface area contributed by atoms with Gasteiger partial charge in [0.25, 0.3) is 0 Å². The number of hydrogen-bond acceptors (Lipinski definition) is 4. The summed E-state index contributed by atoms with van der Waals surface area (Å²) in [4.78, 5) is 2.25. The number of rotatable bonds is 26. The van der Waals surface area contributed by atoms with Crippen LogP contribution in [0.15, 0.2) is 11.6 Å². The van der Waals surface area contributed by atoms with Crippen LogP contribution >= 0.6 is 0 Å². The summed E-state index contributed by atoms with van der Waals surface area (Å²) in [6.07, 6.45) is 32.7. The van der Waals surface area contributed by atoms with Crippen LogP contribution in [-0.2, 0) is 14.2 Å². The summed E-state index contributed by atoms with van der Waals surface area (Å²) in [6, 6.07) is 0.353. The van der Waals surface area contributed by atoms with Crippen molar-refractivity contribution >= 4 is 0 Å². The zero-order chi connectivity index (χ0) is 36.7. The number of unbranched alkanes of at least 4 members (excludes halogenated alkanes) is 9. The third-order valence-electron chi connectivity index (χ3n) is 15.0. The van der Waals surface area contributed by atoms with Gasteiger partial charge in [0.1, 0.15) is 0 Å². The van der Waals surface area contributed by atoms with Crippen molar-refractivity contribution in [3.63, 3.8) is 0 Å². The van der Waals surface area contributed by atoms with Crippen LogP contribution in [0.25, 0.3) is 0 Å². The van der Waals surface area contributed by atoms with Gasteiger partial charge in [0.15, 0.2) is 0 Å². The Balaban J connectivity index is 1.06. The SMILES string of the molecule is CCCCCCCOC[C@@H](COCCCCCCCCO[C@H]1CC[C@@]2(C)C(=CCC3C2CC[C@@]2(C)C3CC[C@@H]2[C@H](C)CCCC(C)C)C1)N(C)C. The molecule has 4 rings (SSSR count). The summed E-state index contributed by atoms with van der Waals surface area (Å²) in [5.41, 5.74) is 2.81. The predicted molar refractivity (Wildman–Crippen MR) is 218 cm³/mol. The second kappa shape index (κ2) is 22.2. The molecule has 4 aliphatic carbocycles. The van der Waals surface area contributed by atoms with E-state index in [0.29, 0.717) is 23.0 Å². The van der Waals surface area contributed by atoms with Crippen LogP contribution in [0, 0.1) is 46.3 Å². The van der Waals surface area contributed by atoms with E-state index in [2.05, 4.69) is 66.6 Å². The summed E-state index contributed by atoms with van der Waals surface area (Å²) >= 11 is 0. The van der Waals surface area contributed by atoms with Gasteiger partial charge in [0.2, 0.25) is 0 Å². The topological polar surface area (TPSA) is 30.9 Å². The Labute approximate surface area is 318 Å². The lowest BCUT2D eigenvalue weighted by Gasteiger charge is -2.58. The van der Waals surface area contributed by atoms with Crippen molar-refractivity contribution in [2.75, 3.05) is 47.1 Å². The third-order valence-corrected chi connectivity index (χ3v) is 15.0. The first-order valence-corrected chi connectivity index (χ1v) is 22.7. The Hall–Kier alpha value is -0.420. The molecule has 51 heavy (non-hydrogen) atoms. The van der Waals surface area contributed by atoms with Gasteiger partial charge in [-0.25, -0.2) is 0 Å². The number of likely N-dealkylation sites (N-methyl/N-ethyl adjacent to an activating group) is 1. The lowest BCUT2D eigenvalue weighted by atomic mass is 9.47. The van der Waals surface area contributed by atoms with Gasteiger partial charge in [-0.3, -0.25) is 0 Å². The van der Waals surface area contributed by atoms with E-state index in [1.54, 1.807) is 5.57 Å². The van der Waals surface area contributed by atoms with Crippen molar-refractivity contribution in [3.8, 4) is 0 Å². The molecule has 3 fully saturated rings. The number of fused-ring (bicyclic) bond motifs is 5. The van der Waals surface area contributed by atoms with Crippen molar-refractivity contribution in [1.29, 1.82) is 0 Å². The lowest BCUT2D eigenvalue weighted by Crippen LogP contribution is -2.51. The highest BCUT2D eigenvalue weighted by Crippen LogP contribution is 2.67. The van der Waals surface area contributed by atoms with Crippen LogP contribution < -0.4 is 0 Å². The van der Waals surface area contributed by atoms with Crippen LogP contribution in [0.2, 0.25) is 0 Å². The molecular weight excluding hydrogens is 627 g/mol. The standard InChI is InChI=1S/C47H87NO3/c1-9-10-11-14-17-31-49-35-40(48(7)8)36-50-32-18-15-12-13-16-19-33-51-41-27-29-46(5)39(34-41)23-24-42-44-26-25-43(38(4)22-20-21-37(2)3)47(44,6)30-28-45(42)46/h23,37-38,40-45H,9-22,24-36H2,1-8H3/t38-,40+,41+,42?,43-,44?,45?,46+,47-/m1/s1. The molecule has 3 saturated carbocycles. The highest BCUT2D eigenvalue weighted by molar-refractivity contribution is 5.25. The molecule has 0 saturated heterocycles. The van der Waals surface area contributed by atoms with Crippen molar-refractivity contribution < 1.29 is 14.2 Å². The van der Waals surface area contributed by atoms with E-state index in [1.807, 2.05) is 0 Å². The summed E-state index contributed by atoms with van der Waals surface area (Å²) in [5.74, 6) is 5.51. The van der Waals surface area contributed by atoms with E-state index in [1.165, 1.54) is 141 Å². The molecule has 298 valence electrons. The van der Waals surface area contributed by atoms with Gasteiger partial charge < -0.3 is 19.1 Å². The largest absolute Gasteiger partial charge is 0.380 e. The van der Waals surface area contributed by atoms with Crippen molar-refractivity contribution in [3.05, 3.63) is 11.6 Å². The maximum absolute atomic E-state index is 6.57. The molecule has 0 aromatic rings. The molecule has 4 nitrogen and oxygen atoms in total. The van der Waals surface area contributed by atoms with Gasteiger partial charge in [-0.15, -0.1) is 0 Å². The fourth-order valence-corrected chi connectivity index (χ4v) is 11.7. The van der Waals surface area contributed by atoms with Gasteiger partial charge >= 0.3 is 0 Å². The zero-order valence-electron chi connectivity index (χ0n) is 35.5. The molecule has 0 amide bonds. The maximum Gasteiger partial charge on any atom is 0.0644 e. The maximum atomic E-state index is 6.57. The van der Waals surface area contributed by atoms with Crippen LogP contribution in [0.5, 0.6) is 0 Å². The quantitative estimate of drug-likeness (QED) is 0.0659. The van der Waals surface area contributed by atoms with E-state index in [9.17, 15) is 0 Å². The fourth-order valence-electron chi connectivity index (χ4n) is 11.7. The fraction of sp³-hybridized carbons (Fsp3) is 0.957. The Kier molecular flexibility index (Phi) is 18.9. The smallest absolute Gasteiger partial charge is 0.0644 e. The third kappa shape index (κ3) is 12.5. The predicted octanol–water partition coefficient (Wildman–Crippen LogP) is 12.7. The highest BCUT2D eigenvalue weighted by atomic mass is 16.5. The molecular formula is C47H87NO3. The van der Waals surface area contributed by atoms with E-state index in [0.717, 1.165) is 68.5 Å². The van der Waals surface area contributed by atoms with Gasteiger partial charge in [0.05, 0.1) is 25.4 Å². The molecule has 4 aliphatic rings. The normalized spacial score (nSPS) is 31.7. The summed E-state index contributed by atoms with van der Waals surface area (Å²) in [5, 5.41) is 0. The molecule has 3 unspecified atom stereocenters. The van der Waals surface area contributed by atoms with E-state index >= 15 is 0 Å². The van der Waals surface area contributed by atoms with E-state index in [4.69, 9.17) is 14.2 Å². The first kappa shape index (κ1) is 43.3. The minimum Gasteiger partial charge on any atom is -0.380 e. The number of ether oxygens (including phenoxy) is 3. The van der Waals surface area contributed by atoms with Crippen molar-refractivity contribution in [1.82, 2.24) is 4.90 Å². The first-order valence-electron chi connectivity index (χ1n) is 22.7. The molecule has 0 spiro atoms. The molecule has 9 atom stereocenters. The second-order valence-electron chi connectivity index (χ2n) is 19.3. The minimum absolute atomic E-state index is 0.353. The Morgan fingerprint density at radius 1 is 0.725 bits per heavy atom. The average Bonchev–Trinajstić information content (AvgIpc) is 3.46. The molecule has 0 aromatic heterocycles. The summed E-state index contributed by atoms with van der Waals surface area (Å²) in [7, 11) is 4.28. The second-order valence-corrected chi connectivity index (χ2v) is 19.3. The van der Waals surface area contributed by atoms with Gasteiger partial charge in [-0.2, -0.15) is 0 Å².